The Bertz CT molecular complexity index is 1420. The van der Waals surface area contributed by atoms with Crippen molar-refractivity contribution in [1.29, 1.82) is 0 Å². The fourth-order valence-electron chi connectivity index (χ4n) is 5.17. The van der Waals surface area contributed by atoms with E-state index in [4.69, 9.17) is 14.7 Å². The lowest BCUT2D eigenvalue weighted by molar-refractivity contribution is 0.0664. The first kappa shape index (κ1) is 27.7. The van der Waals surface area contributed by atoms with Crippen LogP contribution >= 0.6 is 0 Å². The number of ether oxygens (including phenoxy) is 1. The molecule has 4 heterocycles. The molecule has 2 fully saturated rings. The van der Waals surface area contributed by atoms with Crippen molar-refractivity contribution >= 4 is 40.6 Å². The van der Waals surface area contributed by atoms with E-state index < -0.39 is 0 Å². The number of anilines is 5. The highest BCUT2D eigenvalue weighted by Gasteiger charge is 2.28. The number of hydrogen-bond donors (Lipinski definition) is 4. The predicted molar refractivity (Wildman–Crippen MR) is 163 cm³/mol. The highest BCUT2D eigenvalue weighted by molar-refractivity contribution is 6.00. The Kier molecular flexibility index (Phi) is 8.04. The van der Waals surface area contributed by atoms with Gasteiger partial charge in [0.25, 0.3) is 5.91 Å². The van der Waals surface area contributed by atoms with E-state index in [-0.39, 0.29) is 11.9 Å². The van der Waals surface area contributed by atoms with E-state index in [0.717, 1.165) is 68.7 Å². The smallest absolute Gasteiger partial charge is 0.323 e. The van der Waals surface area contributed by atoms with Crippen LogP contribution in [0.3, 0.4) is 0 Å². The molecule has 220 valence electrons. The summed E-state index contributed by atoms with van der Waals surface area (Å²) < 4.78 is 5.53. The first-order chi connectivity index (χ1) is 20.5. The maximum Gasteiger partial charge on any atom is 0.323 e. The van der Waals surface area contributed by atoms with E-state index in [1.165, 1.54) is 0 Å². The molecule has 2 saturated heterocycles. The molecule has 6 rings (SSSR count). The maximum absolute atomic E-state index is 12.8. The minimum absolute atomic E-state index is 0.0125. The monoisotopic (exact) mass is 572 g/mol. The quantitative estimate of drug-likeness (QED) is 0.350. The van der Waals surface area contributed by atoms with Gasteiger partial charge in [0.1, 0.15) is 5.69 Å². The number of morpholine rings is 1. The number of amides is 3. The summed E-state index contributed by atoms with van der Waals surface area (Å²) in [5, 5.41) is 7.64. The largest absolute Gasteiger partial charge is 0.378 e. The predicted octanol–water partition coefficient (Wildman–Crippen LogP) is 2.68. The van der Waals surface area contributed by atoms with Crippen LogP contribution in [0.2, 0.25) is 0 Å². The molecule has 0 atom stereocenters. The van der Waals surface area contributed by atoms with Crippen molar-refractivity contribution in [2.45, 2.75) is 6.92 Å². The molecular weight excluding hydrogens is 536 g/mol. The highest BCUT2D eigenvalue weighted by atomic mass is 16.5. The van der Waals surface area contributed by atoms with Gasteiger partial charge in [0.15, 0.2) is 17.5 Å². The van der Waals surface area contributed by atoms with Gasteiger partial charge in [-0.15, -0.1) is 5.53 Å². The van der Waals surface area contributed by atoms with Gasteiger partial charge in [-0.25, -0.2) is 14.8 Å². The molecule has 3 aromatic rings. The van der Waals surface area contributed by atoms with Crippen molar-refractivity contribution in [1.82, 2.24) is 25.3 Å². The van der Waals surface area contributed by atoms with Crippen LogP contribution in [0.15, 0.2) is 48.5 Å². The Balaban J connectivity index is 1.10. The SMILES string of the molecule is CCN1NNc2c(N3CCOCC3)nc(-c3ccc(NC(=O)Nc4ccc(C(=O)N5CCN(C)CC5)cc4)cc3)nc21. The van der Waals surface area contributed by atoms with E-state index >= 15 is 0 Å². The molecule has 2 aromatic carbocycles. The zero-order valence-electron chi connectivity index (χ0n) is 23.9. The van der Waals surface area contributed by atoms with Gasteiger partial charge in [-0.2, -0.15) is 0 Å². The first-order valence-electron chi connectivity index (χ1n) is 14.3. The van der Waals surface area contributed by atoms with Gasteiger partial charge < -0.3 is 30.1 Å². The van der Waals surface area contributed by atoms with Gasteiger partial charge in [-0.3, -0.25) is 15.2 Å². The van der Waals surface area contributed by atoms with E-state index in [1.807, 2.05) is 41.1 Å². The van der Waals surface area contributed by atoms with Crippen molar-refractivity contribution < 1.29 is 14.3 Å². The maximum atomic E-state index is 12.8. The number of piperazine rings is 1. The Labute approximate surface area is 244 Å². The van der Waals surface area contributed by atoms with Crippen LogP contribution in [0.1, 0.15) is 17.3 Å². The summed E-state index contributed by atoms with van der Waals surface area (Å²) in [5.74, 6) is 2.24. The van der Waals surface area contributed by atoms with E-state index in [1.54, 1.807) is 24.3 Å². The number of nitrogens with one attached hydrogen (secondary N) is 4. The average molecular weight is 573 g/mol. The highest BCUT2D eigenvalue weighted by Crippen LogP contribution is 2.37. The van der Waals surface area contributed by atoms with E-state index in [9.17, 15) is 9.59 Å². The van der Waals surface area contributed by atoms with Gasteiger partial charge >= 0.3 is 6.03 Å². The summed E-state index contributed by atoms with van der Waals surface area (Å²) >= 11 is 0. The molecule has 13 nitrogen and oxygen atoms in total. The lowest BCUT2D eigenvalue weighted by atomic mass is 10.1. The summed E-state index contributed by atoms with van der Waals surface area (Å²) in [6.07, 6.45) is 0. The molecule has 1 aromatic heterocycles. The number of nitrogens with zero attached hydrogens (tertiary/aromatic N) is 6. The lowest BCUT2D eigenvalue weighted by Crippen LogP contribution is -2.47. The average Bonchev–Trinajstić information content (AvgIpc) is 3.45. The molecule has 3 aliphatic rings. The third kappa shape index (κ3) is 5.93. The molecule has 0 bridgehead atoms. The second-order valence-corrected chi connectivity index (χ2v) is 10.5. The number of aromatic nitrogens is 2. The Morgan fingerprint density at radius 2 is 1.48 bits per heavy atom. The fraction of sp³-hybridized carbons (Fsp3) is 0.379. The topological polar surface area (TPSA) is 130 Å². The number of carbonyl (C=O) groups is 2. The van der Waals surface area contributed by atoms with Gasteiger partial charge in [-0.1, -0.05) is 0 Å². The van der Waals surface area contributed by atoms with Crippen molar-refractivity contribution in [3.8, 4) is 11.4 Å². The minimum atomic E-state index is -0.375. The molecule has 0 aliphatic carbocycles. The fourth-order valence-corrected chi connectivity index (χ4v) is 5.17. The van der Waals surface area contributed by atoms with Crippen LogP contribution < -0.4 is 31.5 Å². The second-order valence-electron chi connectivity index (χ2n) is 10.5. The van der Waals surface area contributed by atoms with Gasteiger partial charge in [-0.05, 0) is 62.5 Å². The molecule has 0 spiro atoms. The molecule has 13 heteroatoms. The van der Waals surface area contributed by atoms with Gasteiger partial charge in [0.2, 0.25) is 0 Å². The Morgan fingerprint density at radius 3 is 2.12 bits per heavy atom. The molecular formula is C29H36N10O3. The van der Waals surface area contributed by atoms with Crippen molar-refractivity contribution in [3.05, 3.63) is 54.1 Å². The Morgan fingerprint density at radius 1 is 0.857 bits per heavy atom. The molecule has 42 heavy (non-hydrogen) atoms. The number of likely N-dealkylation sites (N-methyl/N-ethyl adjacent to an activating group) is 1. The Hall–Kier alpha value is -4.46. The third-order valence-corrected chi connectivity index (χ3v) is 7.65. The van der Waals surface area contributed by atoms with Crippen LogP contribution in [-0.2, 0) is 4.74 Å². The summed E-state index contributed by atoms with van der Waals surface area (Å²) in [7, 11) is 2.06. The number of urea groups is 1. The van der Waals surface area contributed by atoms with Crippen LogP contribution in [0, 0.1) is 0 Å². The molecule has 0 saturated carbocycles. The summed E-state index contributed by atoms with van der Waals surface area (Å²) in [6.45, 7) is 8.77. The van der Waals surface area contributed by atoms with Crippen molar-refractivity contribution in [3.63, 3.8) is 0 Å². The van der Waals surface area contributed by atoms with Crippen molar-refractivity contribution in [2.24, 2.45) is 0 Å². The number of hydrazine groups is 2. The summed E-state index contributed by atoms with van der Waals surface area (Å²) in [4.78, 5) is 41.5. The van der Waals surface area contributed by atoms with Crippen LogP contribution in [0.4, 0.5) is 33.5 Å². The van der Waals surface area contributed by atoms with E-state index in [0.29, 0.717) is 36.0 Å². The first-order valence-corrected chi connectivity index (χ1v) is 14.3. The van der Waals surface area contributed by atoms with Crippen LogP contribution in [0.5, 0.6) is 0 Å². The molecule has 4 N–H and O–H groups in total. The second kappa shape index (κ2) is 12.2. The zero-order chi connectivity index (χ0) is 29.1. The van der Waals surface area contributed by atoms with E-state index in [2.05, 4.69) is 38.4 Å². The minimum Gasteiger partial charge on any atom is -0.378 e. The zero-order valence-corrected chi connectivity index (χ0v) is 23.9. The van der Waals surface area contributed by atoms with Crippen LogP contribution in [0.25, 0.3) is 11.4 Å². The number of rotatable bonds is 6. The number of fused-ring (bicyclic) bond motifs is 1. The number of hydrogen-bond acceptors (Lipinski definition) is 10. The van der Waals surface area contributed by atoms with Crippen LogP contribution in [-0.4, -0.2) is 97.8 Å². The summed E-state index contributed by atoms with van der Waals surface area (Å²) in [5.41, 5.74) is 9.90. The molecule has 0 radical (unpaired) electrons. The standard InChI is InChI=1S/C29H36N10O3/c1-3-39-27-24(34-35-39)26(37-16-18-42-19-17-37)32-25(33-27)20-4-8-22(9-5-20)30-29(41)31-23-10-6-21(7-11-23)28(40)38-14-12-36(2)13-15-38/h4-11,34-35H,3,12-19H2,1-2H3,(H2,30,31,41). The molecule has 0 unspecified atom stereocenters. The van der Waals surface area contributed by atoms with Crippen molar-refractivity contribution in [2.75, 3.05) is 92.0 Å². The normalized spacial score (nSPS) is 17.0. The molecule has 3 aliphatic heterocycles. The summed E-state index contributed by atoms with van der Waals surface area (Å²) in [6, 6.07) is 14.0. The third-order valence-electron chi connectivity index (χ3n) is 7.65. The number of benzene rings is 2. The van der Waals surface area contributed by atoms with Gasteiger partial charge in [0, 0.05) is 68.3 Å². The van der Waals surface area contributed by atoms with Gasteiger partial charge in [0.05, 0.1) is 13.2 Å². The lowest BCUT2D eigenvalue weighted by Gasteiger charge is -2.32. The number of carbonyl (C=O) groups excluding carboxylic acids is 2. The molecule has 3 amide bonds.